The lowest BCUT2D eigenvalue weighted by molar-refractivity contribution is 1.52. The van der Waals surface area contributed by atoms with Crippen molar-refractivity contribution in [3.05, 3.63) is 54.1 Å². The van der Waals surface area contributed by atoms with Gasteiger partial charge in [-0.3, -0.25) is 0 Å². The van der Waals surface area contributed by atoms with Crippen molar-refractivity contribution in [3.8, 4) is 0 Å². The Morgan fingerprint density at radius 2 is 1.65 bits per heavy atom. The number of hydrogen-bond acceptors (Lipinski definition) is 0. The Kier molecular flexibility index (Phi) is 3.48. The second-order valence-corrected chi connectivity index (χ2v) is 11.3. The molecule has 0 radical (unpaired) electrons. The van der Waals surface area contributed by atoms with E-state index in [9.17, 15) is 0 Å². The number of benzene rings is 2. The molecule has 0 aliphatic heterocycles. The third-order valence-corrected chi connectivity index (χ3v) is 4.31. The molecule has 1 heteroatoms. The van der Waals surface area contributed by atoms with Crippen molar-refractivity contribution in [1.29, 1.82) is 0 Å². The molecule has 0 aliphatic carbocycles. The average molecular weight is 240 g/mol. The van der Waals surface area contributed by atoms with Gasteiger partial charge in [-0.05, 0) is 22.4 Å². The summed E-state index contributed by atoms with van der Waals surface area (Å²) in [4.78, 5) is 0. The van der Waals surface area contributed by atoms with Gasteiger partial charge in [0.15, 0.2) is 0 Å². The van der Waals surface area contributed by atoms with Crippen LogP contribution >= 0.6 is 0 Å². The van der Waals surface area contributed by atoms with E-state index < -0.39 is 8.07 Å². The van der Waals surface area contributed by atoms with Gasteiger partial charge in [-0.15, -0.1) is 0 Å². The highest BCUT2D eigenvalue weighted by Crippen LogP contribution is 2.20. The van der Waals surface area contributed by atoms with Gasteiger partial charge >= 0.3 is 0 Å². The van der Waals surface area contributed by atoms with E-state index in [-0.39, 0.29) is 0 Å². The predicted molar refractivity (Wildman–Crippen MR) is 81.1 cm³/mol. The fourth-order valence-electron chi connectivity index (χ4n) is 1.94. The van der Waals surface area contributed by atoms with Gasteiger partial charge in [0, 0.05) is 8.07 Å². The van der Waals surface area contributed by atoms with Crippen molar-refractivity contribution >= 4 is 24.9 Å². The van der Waals surface area contributed by atoms with Crippen LogP contribution in [-0.4, -0.2) is 8.07 Å². The molecule has 0 aliphatic rings. The van der Waals surface area contributed by atoms with Crippen molar-refractivity contribution in [2.75, 3.05) is 0 Å². The maximum Gasteiger partial charge on any atom is 0.0480 e. The molecule has 88 valence electrons. The molecule has 2 rings (SSSR count). The zero-order valence-electron chi connectivity index (χ0n) is 10.9. The molecule has 0 heterocycles. The zero-order chi connectivity index (χ0) is 12.3. The lowest BCUT2D eigenvalue weighted by atomic mass is 10.0. The van der Waals surface area contributed by atoms with Gasteiger partial charge in [-0.2, -0.15) is 0 Å². The molecule has 0 unspecified atom stereocenters. The molecule has 2 aromatic carbocycles. The van der Waals surface area contributed by atoms with Gasteiger partial charge in [0.25, 0.3) is 0 Å². The van der Waals surface area contributed by atoms with Crippen molar-refractivity contribution in [2.45, 2.75) is 25.7 Å². The highest BCUT2D eigenvalue weighted by Gasteiger charge is 2.09. The Morgan fingerprint density at radius 1 is 0.941 bits per heavy atom. The number of rotatable bonds is 3. The quantitative estimate of drug-likeness (QED) is 0.648. The predicted octanol–water partition coefficient (Wildman–Crippen LogP) is 5.19. The van der Waals surface area contributed by atoms with Crippen LogP contribution in [0, 0.1) is 0 Å². The maximum absolute atomic E-state index is 2.40. The van der Waals surface area contributed by atoms with E-state index in [1.165, 1.54) is 22.4 Å². The summed E-state index contributed by atoms with van der Waals surface area (Å²) < 4.78 is 0. The third kappa shape index (κ3) is 3.30. The number of allylic oxidation sites excluding steroid dienone is 1. The van der Waals surface area contributed by atoms with Gasteiger partial charge in [-0.1, -0.05) is 74.3 Å². The lowest BCUT2D eigenvalue weighted by Crippen LogP contribution is -2.17. The minimum Gasteiger partial charge on any atom is -0.0866 e. The van der Waals surface area contributed by atoms with Crippen molar-refractivity contribution in [2.24, 2.45) is 0 Å². The van der Waals surface area contributed by atoms with Crippen molar-refractivity contribution in [1.82, 2.24) is 0 Å². The lowest BCUT2D eigenvalue weighted by Gasteiger charge is -2.11. The van der Waals surface area contributed by atoms with E-state index >= 15 is 0 Å². The van der Waals surface area contributed by atoms with Crippen LogP contribution in [0.4, 0.5) is 0 Å². The fourth-order valence-corrected chi connectivity index (χ4v) is 2.76. The zero-order valence-corrected chi connectivity index (χ0v) is 11.9. The molecule has 0 bridgehead atoms. The third-order valence-electron chi connectivity index (χ3n) is 2.85. The Bertz CT molecular complexity index is 527. The summed E-state index contributed by atoms with van der Waals surface area (Å²) in [5.74, 6) is 0. The molecule has 0 amide bonds. The van der Waals surface area contributed by atoms with Crippen LogP contribution in [0.15, 0.2) is 48.5 Å². The monoisotopic (exact) mass is 240 g/mol. The summed E-state index contributed by atoms with van der Waals surface area (Å²) in [6, 6.07) is 16.3. The van der Waals surface area contributed by atoms with Crippen LogP contribution in [-0.2, 0) is 0 Å². The highest BCUT2D eigenvalue weighted by molar-refractivity contribution is 6.76. The molecule has 0 atom stereocenters. The second kappa shape index (κ2) is 4.88. The van der Waals surface area contributed by atoms with Gasteiger partial charge in [0.05, 0.1) is 0 Å². The second-order valence-electron chi connectivity index (χ2n) is 5.74. The Balaban J connectivity index is 2.30. The van der Waals surface area contributed by atoms with E-state index in [0.29, 0.717) is 0 Å². The normalized spacial score (nSPS) is 12.4. The van der Waals surface area contributed by atoms with Gasteiger partial charge < -0.3 is 0 Å². The van der Waals surface area contributed by atoms with E-state index in [4.69, 9.17) is 0 Å². The van der Waals surface area contributed by atoms with Crippen LogP contribution in [0.3, 0.4) is 0 Å². The first-order valence-electron chi connectivity index (χ1n) is 6.21. The molecular formula is C16H20Si. The maximum atomic E-state index is 2.40. The fraction of sp³-hybridized carbons (Fsp3) is 0.250. The van der Waals surface area contributed by atoms with E-state index in [0.717, 1.165) is 0 Å². The van der Waals surface area contributed by atoms with Crippen LogP contribution < -0.4 is 0 Å². The van der Waals surface area contributed by atoms with E-state index in [2.05, 4.69) is 74.3 Å². The van der Waals surface area contributed by atoms with Crippen LogP contribution in [0.5, 0.6) is 0 Å². The first-order valence-corrected chi connectivity index (χ1v) is 9.91. The van der Waals surface area contributed by atoms with Crippen molar-refractivity contribution in [3.63, 3.8) is 0 Å². The summed E-state index contributed by atoms with van der Waals surface area (Å²) in [5.41, 5.74) is 1.33. The Morgan fingerprint density at radius 3 is 2.41 bits per heavy atom. The van der Waals surface area contributed by atoms with Crippen LogP contribution in [0.2, 0.25) is 25.7 Å². The standard InChI is InChI=1S/C16H20Si/c1-17(2,3)13-7-11-15-10-6-9-14-8-4-5-12-16(14)15/h4-12H,13H2,1-3H3/b11-7+. The summed E-state index contributed by atoms with van der Waals surface area (Å²) in [6.45, 7) is 7.21. The first kappa shape index (κ1) is 12.1. The molecule has 0 N–H and O–H groups in total. The molecular weight excluding hydrogens is 220 g/mol. The molecule has 17 heavy (non-hydrogen) atoms. The molecule has 0 spiro atoms. The van der Waals surface area contributed by atoms with Crippen molar-refractivity contribution < 1.29 is 0 Å². The SMILES string of the molecule is C[Si](C)(C)C/C=C/c1cccc2ccccc12. The van der Waals surface area contributed by atoms with E-state index in [1.807, 2.05) is 0 Å². The molecule has 2 aromatic rings. The minimum absolute atomic E-state index is 0.965. The number of hydrogen-bond donors (Lipinski definition) is 0. The Labute approximate surface area is 105 Å². The summed E-state index contributed by atoms with van der Waals surface area (Å²) in [6.07, 6.45) is 4.62. The van der Waals surface area contributed by atoms with Crippen LogP contribution in [0.25, 0.3) is 16.8 Å². The highest BCUT2D eigenvalue weighted by atomic mass is 28.3. The molecule has 0 saturated heterocycles. The number of fused-ring (bicyclic) bond motifs is 1. The summed E-state index contributed by atoms with van der Waals surface area (Å²) >= 11 is 0. The summed E-state index contributed by atoms with van der Waals surface area (Å²) in [5, 5.41) is 2.67. The smallest absolute Gasteiger partial charge is 0.0480 e. The van der Waals surface area contributed by atoms with Gasteiger partial charge in [0.2, 0.25) is 0 Å². The Hall–Kier alpha value is -1.34. The molecule has 0 aromatic heterocycles. The van der Waals surface area contributed by atoms with Crippen LogP contribution in [0.1, 0.15) is 5.56 Å². The molecule has 0 fully saturated rings. The van der Waals surface area contributed by atoms with Gasteiger partial charge in [-0.25, -0.2) is 0 Å². The molecule has 0 saturated carbocycles. The van der Waals surface area contributed by atoms with Gasteiger partial charge in [0.1, 0.15) is 0 Å². The minimum atomic E-state index is -0.965. The molecule has 0 nitrogen and oxygen atoms in total. The summed E-state index contributed by atoms with van der Waals surface area (Å²) in [7, 11) is -0.965. The largest absolute Gasteiger partial charge is 0.0866 e. The average Bonchev–Trinajstić information content (AvgIpc) is 2.28. The van der Waals surface area contributed by atoms with E-state index in [1.54, 1.807) is 0 Å². The topological polar surface area (TPSA) is 0 Å². The first-order chi connectivity index (χ1) is 8.06.